The lowest BCUT2D eigenvalue weighted by molar-refractivity contribution is -0.136. The van der Waals surface area contributed by atoms with Crippen molar-refractivity contribution < 1.29 is 18.3 Å². The second-order valence-electron chi connectivity index (χ2n) is 4.16. The molecule has 1 N–H and O–H groups in total. The Morgan fingerprint density at radius 3 is 2.18 bits per heavy atom. The Kier molecular flexibility index (Phi) is 3.93. The Morgan fingerprint density at radius 2 is 1.76 bits per heavy atom. The zero-order chi connectivity index (χ0) is 13.2. The van der Waals surface area contributed by atoms with Crippen LogP contribution in [0.2, 0.25) is 0 Å². The van der Waals surface area contributed by atoms with Crippen molar-refractivity contribution in [3.05, 3.63) is 34.9 Å². The number of sulfone groups is 1. The number of hydrogen-bond acceptors (Lipinski definition) is 3. The highest BCUT2D eigenvalue weighted by Crippen LogP contribution is 2.19. The minimum atomic E-state index is -3.66. The molecule has 17 heavy (non-hydrogen) atoms. The van der Waals surface area contributed by atoms with Gasteiger partial charge in [-0.05, 0) is 37.5 Å². The van der Waals surface area contributed by atoms with E-state index in [-0.39, 0.29) is 5.75 Å². The predicted octanol–water partition coefficient (Wildman–Crippen LogP) is 1.69. The maximum absolute atomic E-state index is 11.9. The number of carboxylic acids is 1. The van der Waals surface area contributed by atoms with Crippen LogP contribution < -0.4 is 0 Å². The summed E-state index contributed by atoms with van der Waals surface area (Å²) in [5.41, 5.74) is 2.43. The largest absolute Gasteiger partial charge is 0.480 e. The van der Waals surface area contributed by atoms with Crippen molar-refractivity contribution in [2.75, 3.05) is 0 Å². The zero-order valence-corrected chi connectivity index (χ0v) is 10.9. The van der Waals surface area contributed by atoms with Crippen LogP contribution in [0.5, 0.6) is 0 Å². The molecule has 5 heteroatoms. The second kappa shape index (κ2) is 4.87. The van der Waals surface area contributed by atoms with E-state index in [1.165, 1.54) is 6.92 Å². The van der Waals surface area contributed by atoms with E-state index in [0.29, 0.717) is 5.56 Å². The molecule has 0 saturated heterocycles. The normalized spacial score (nSPS) is 13.4. The summed E-state index contributed by atoms with van der Waals surface area (Å²) in [6.07, 6.45) is 0. The van der Waals surface area contributed by atoms with Crippen LogP contribution in [-0.2, 0) is 20.4 Å². The van der Waals surface area contributed by atoms with Crippen LogP contribution in [0.1, 0.15) is 23.6 Å². The number of carboxylic acid groups (broad SMARTS) is 1. The number of rotatable bonds is 4. The van der Waals surface area contributed by atoms with Crippen molar-refractivity contribution in [3.8, 4) is 0 Å². The third-order valence-corrected chi connectivity index (χ3v) is 4.85. The van der Waals surface area contributed by atoms with Gasteiger partial charge in [0.25, 0.3) is 0 Å². The molecule has 1 aromatic rings. The van der Waals surface area contributed by atoms with E-state index >= 15 is 0 Å². The minimum absolute atomic E-state index is 0.223. The van der Waals surface area contributed by atoms with Crippen molar-refractivity contribution >= 4 is 15.8 Å². The van der Waals surface area contributed by atoms with Crippen LogP contribution in [0.3, 0.4) is 0 Å². The van der Waals surface area contributed by atoms with Crippen molar-refractivity contribution in [3.63, 3.8) is 0 Å². The Morgan fingerprint density at radius 1 is 1.29 bits per heavy atom. The van der Waals surface area contributed by atoms with Gasteiger partial charge in [-0.25, -0.2) is 8.42 Å². The summed E-state index contributed by atoms with van der Waals surface area (Å²) in [6, 6.07) is 5.49. The highest BCUT2D eigenvalue weighted by molar-refractivity contribution is 7.92. The van der Waals surface area contributed by atoms with Crippen molar-refractivity contribution in [2.24, 2.45) is 0 Å². The molecule has 0 radical (unpaired) electrons. The Bertz CT molecular complexity index is 511. The molecule has 0 spiro atoms. The summed E-state index contributed by atoms with van der Waals surface area (Å²) in [5.74, 6) is -1.53. The summed E-state index contributed by atoms with van der Waals surface area (Å²) in [4.78, 5) is 10.7. The quantitative estimate of drug-likeness (QED) is 0.889. The molecule has 1 aromatic carbocycles. The van der Waals surface area contributed by atoms with E-state index in [0.717, 1.165) is 11.1 Å². The third kappa shape index (κ3) is 3.06. The van der Waals surface area contributed by atoms with Crippen LogP contribution in [0.4, 0.5) is 0 Å². The van der Waals surface area contributed by atoms with E-state index < -0.39 is 21.1 Å². The van der Waals surface area contributed by atoms with Gasteiger partial charge in [-0.1, -0.05) is 18.2 Å². The van der Waals surface area contributed by atoms with Crippen LogP contribution in [0, 0.1) is 13.8 Å². The van der Waals surface area contributed by atoms with Crippen molar-refractivity contribution in [1.82, 2.24) is 0 Å². The number of benzene rings is 1. The second-order valence-corrected chi connectivity index (χ2v) is 6.48. The van der Waals surface area contributed by atoms with Gasteiger partial charge in [0.15, 0.2) is 15.1 Å². The van der Waals surface area contributed by atoms with Crippen LogP contribution in [0.15, 0.2) is 18.2 Å². The number of hydrogen-bond donors (Lipinski definition) is 1. The first-order valence-corrected chi connectivity index (χ1v) is 6.96. The van der Waals surface area contributed by atoms with E-state index in [4.69, 9.17) is 5.11 Å². The lowest BCUT2D eigenvalue weighted by atomic mass is 10.1. The van der Waals surface area contributed by atoms with Gasteiger partial charge in [0.2, 0.25) is 0 Å². The average Bonchev–Trinajstić information content (AvgIpc) is 2.22. The molecule has 0 aliphatic heterocycles. The highest BCUT2D eigenvalue weighted by atomic mass is 32.2. The molecule has 0 saturated carbocycles. The van der Waals surface area contributed by atoms with Gasteiger partial charge in [0.1, 0.15) is 0 Å². The highest BCUT2D eigenvalue weighted by Gasteiger charge is 2.28. The van der Waals surface area contributed by atoms with Gasteiger partial charge in [-0.2, -0.15) is 0 Å². The topological polar surface area (TPSA) is 71.4 Å². The lowest BCUT2D eigenvalue weighted by Gasteiger charge is -2.12. The summed E-state index contributed by atoms with van der Waals surface area (Å²) in [5, 5.41) is 7.38. The van der Waals surface area contributed by atoms with Crippen molar-refractivity contribution in [1.29, 1.82) is 0 Å². The Labute approximate surface area is 101 Å². The fourth-order valence-electron chi connectivity index (χ4n) is 1.56. The van der Waals surface area contributed by atoms with Gasteiger partial charge in [0, 0.05) is 0 Å². The maximum atomic E-state index is 11.9. The standard InChI is InChI=1S/C12H16O4S/c1-8-5-4-6-9(2)11(8)7-17(15,16)10(3)12(13)14/h4-6,10H,7H2,1-3H3,(H,13,14). The maximum Gasteiger partial charge on any atom is 0.321 e. The molecule has 0 heterocycles. The van der Waals surface area contributed by atoms with Crippen LogP contribution in [0.25, 0.3) is 0 Å². The van der Waals surface area contributed by atoms with Gasteiger partial charge >= 0.3 is 5.97 Å². The van der Waals surface area contributed by atoms with Gasteiger partial charge < -0.3 is 5.11 Å². The van der Waals surface area contributed by atoms with E-state index in [2.05, 4.69) is 0 Å². The molecule has 4 nitrogen and oxygen atoms in total. The SMILES string of the molecule is Cc1cccc(C)c1CS(=O)(=O)C(C)C(=O)O. The number of carbonyl (C=O) groups is 1. The smallest absolute Gasteiger partial charge is 0.321 e. The first-order chi connectivity index (χ1) is 7.75. The summed E-state index contributed by atoms with van der Waals surface area (Å²) in [6.45, 7) is 4.85. The minimum Gasteiger partial charge on any atom is -0.480 e. The molecule has 0 aliphatic rings. The van der Waals surface area contributed by atoms with Gasteiger partial charge in [0.05, 0.1) is 5.75 Å². The van der Waals surface area contributed by atoms with E-state index in [1.807, 2.05) is 32.0 Å². The number of aliphatic carboxylic acids is 1. The molecule has 0 aromatic heterocycles. The fourth-order valence-corrected chi connectivity index (χ4v) is 2.97. The summed E-state index contributed by atoms with van der Waals surface area (Å²) >= 11 is 0. The Balaban J connectivity index is 3.11. The fraction of sp³-hybridized carbons (Fsp3) is 0.417. The molecule has 94 valence electrons. The monoisotopic (exact) mass is 256 g/mol. The van der Waals surface area contributed by atoms with Crippen LogP contribution >= 0.6 is 0 Å². The van der Waals surface area contributed by atoms with Crippen molar-refractivity contribution in [2.45, 2.75) is 31.8 Å². The third-order valence-electron chi connectivity index (χ3n) is 2.88. The van der Waals surface area contributed by atoms with E-state index in [9.17, 15) is 13.2 Å². The van der Waals surface area contributed by atoms with Gasteiger partial charge in [-0.15, -0.1) is 0 Å². The average molecular weight is 256 g/mol. The molecular formula is C12H16O4S. The molecule has 1 rings (SSSR count). The molecule has 0 aliphatic carbocycles. The molecule has 0 amide bonds. The summed E-state index contributed by atoms with van der Waals surface area (Å²) < 4.78 is 23.7. The Hall–Kier alpha value is -1.36. The molecule has 1 atom stereocenters. The molecule has 1 unspecified atom stereocenters. The van der Waals surface area contributed by atoms with E-state index in [1.54, 1.807) is 0 Å². The van der Waals surface area contributed by atoms with Gasteiger partial charge in [-0.3, -0.25) is 4.79 Å². The summed E-state index contributed by atoms with van der Waals surface area (Å²) in [7, 11) is -3.66. The zero-order valence-electron chi connectivity index (χ0n) is 10.1. The first-order valence-electron chi connectivity index (χ1n) is 5.25. The molecule has 0 bridgehead atoms. The predicted molar refractivity (Wildman–Crippen MR) is 65.6 cm³/mol. The molecular weight excluding hydrogens is 240 g/mol. The molecule has 0 fully saturated rings. The first kappa shape index (κ1) is 13.7. The lowest BCUT2D eigenvalue weighted by Crippen LogP contribution is -2.28. The van der Waals surface area contributed by atoms with Crippen LogP contribution in [-0.4, -0.2) is 24.7 Å². The number of aryl methyl sites for hydroxylation is 2.